The number of methoxy groups -OCH3 is 1. The average Bonchev–Trinajstić information content (AvgIpc) is 2.91. The van der Waals surface area contributed by atoms with Gasteiger partial charge in [-0.15, -0.1) is 0 Å². The number of hydrogen-bond donors (Lipinski definition) is 7. The normalized spacial score (nSPS) is 31.3. The molecular weight excluding hydrogens is 520 g/mol. The predicted octanol–water partition coefficient (Wildman–Crippen LogP) is -0.503. The van der Waals surface area contributed by atoms with Crippen LogP contribution in [0.1, 0.15) is 11.7 Å². The van der Waals surface area contributed by atoms with Crippen LogP contribution in [-0.2, 0) is 14.2 Å². The SMILES string of the molecule is COc1cc(O)c2c(=O)cc(-c3ccc(O)cc3)oc2c1[C@@H]1OC[C@H](O)[C@@H](O)[C@H]1O[C@@H]1OC[C@H](O)[C@H](O)[C@@H]1O. The Labute approximate surface area is 220 Å². The standard InChI is InChI=1S/C26H28O13/c1-35-17-7-13(29)18-12(28)6-16(10-2-4-11(27)5-3-10)38-23(18)19(17)24-25(21(33)15(31)8-36-24)39-26-22(34)20(32)14(30)9-37-26/h2-7,14-15,20-22,24-27,29-34H,8-9H2,1H3/t14-,15-,20-,21+,22-,24-,25+,26-/m0/s1. The number of aliphatic hydroxyl groups excluding tert-OH is 5. The van der Waals surface area contributed by atoms with E-state index < -0.39 is 60.2 Å². The molecule has 0 unspecified atom stereocenters. The van der Waals surface area contributed by atoms with E-state index in [0.29, 0.717) is 5.56 Å². The third-order valence-electron chi connectivity index (χ3n) is 6.86. The first kappa shape index (κ1) is 27.3. The Bertz CT molecular complexity index is 1390. The Morgan fingerprint density at radius 1 is 0.872 bits per heavy atom. The molecule has 3 aromatic rings. The van der Waals surface area contributed by atoms with Crippen LogP contribution >= 0.6 is 0 Å². The van der Waals surface area contributed by atoms with E-state index in [0.717, 1.165) is 6.07 Å². The lowest BCUT2D eigenvalue weighted by molar-refractivity contribution is -0.316. The zero-order valence-electron chi connectivity index (χ0n) is 20.6. The smallest absolute Gasteiger partial charge is 0.197 e. The molecule has 0 bridgehead atoms. The maximum absolute atomic E-state index is 13.1. The second kappa shape index (κ2) is 10.7. The van der Waals surface area contributed by atoms with Crippen molar-refractivity contribution in [2.24, 2.45) is 0 Å². The summed E-state index contributed by atoms with van der Waals surface area (Å²) >= 11 is 0. The van der Waals surface area contributed by atoms with E-state index in [1.165, 1.54) is 37.4 Å². The number of hydrogen-bond acceptors (Lipinski definition) is 13. The second-order valence-electron chi connectivity index (χ2n) is 9.40. The van der Waals surface area contributed by atoms with Gasteiger partial charge in [-0.05, 0) is 24.3 Å². The van der Waals surface area contributed by atoms with Crippen LogP contribution < -0.4 is 10.2 Å². The van der Waals surface area contributed by atoms with Crippen LogP contribution in [0.4, 0.5) is 0 Å². The van der Waals surface area contributed by atoms with E-state index in [1.54, 1.807) is 0 Å². The molecule has 210 valence electrons. The van der Waals surface area contributed by atoms with Gasteiger partial charge in [0, 0.05) is 17.7 Å². The first-order chi connectivity index (χ1) is 18.6. The number of ether oxygens (including phenoxy) is 4. The zero-order valence-corrected chi connectivity index (χ0v) is 20.6. The minimum atomic E-state index is -1.71. The molecule has 0 spiro atoms. The molecule has 2 aliphatic rings. The molecule has 2 aliphatic heterocycles. The van der Waals surface area contributed by atoms with Crippen molar-refractivity contribution in [3.05, 3.63) is 52.2 Å². The monoisotopic (exact) mass is 548 g/mol. The molecule has 13 heteroatoms. The quantitative estimate of drug-likeness (QED) is 0.215. The van der Waals surface area contributed by atoms with Crippen LogP contribution in [0.25, 0.3) is 22.3 Å². The van der Waals surface area contributed by atoms with Gasteiger partial charge in [-0.3, -0.25) is 4.79 Å². The lowest BCUT2D eigenvalue weighted by Gasteiger charge is -2.43. The summed E-state index contributed by atoms with van der Waals surface area (Å²) in [7, 11) is 1.29. The van der Waals surface area contributed by atoms with Gasteiger partial charge in [0.15, 0.2) is 17.3 Å². The number of benzene rings is 2. The summed E-state index contributed by atoms with van der Waals surface area (Å²) in [6, 6.07) is 8.16. The van der Waals surface area contributed by atoms with Crippen LogP contribution in [-0.4, -0.2) is 99.0 Å². The fraction of sp³-hybridized carbons (Fsp3) is 0.423. The third-order valence-corrected chi connectivity index (χ3v) is 6.86. The Hall–Kier alpha value is -3.27. The molecule has 2 aromatic carbocycles. The maximum Gasteiger partial charge on any atom is 0.197 e. The van der Waals surface area contributed by atoms with Gasteiger partial charge in [-0.2, -0.15) is 0 Å². The number of phenolic OH excluding ortho intramolecular Hbond substituents is 2. The van der Waals surface area contributed by atoms with Gasteiger partial charge in [-0.25, -0.2) is 0 Å². The first-order valence-electron chi connectivity index (χ1n) is 12.1. The Balaban J connectivity index is 1.66. The Morgan fingerprint density at radius 2 is 1.54 bits per heavy atom. The first-order valence-corrected chi connectivity index (χ1v) is 12.1. The summed E-state index contributed by atoms with van der Waals surface area (Å²) < 4.78 is 28.5. The highest BCUT2D eigenvalue weighted by atomic mass is 16.7. The van der Waals surface area contributed by atoms with Gasteiger partial charge in [0.05, 0.1) is 25.9 Å². The molecule has 8 atom stereocenters. The van der Waals surface area contributed by atoms with Crippen molar-refractivity contribution in [3.8, 4) is 28.6 Å². The van der Waals surface area contributed by atoms with E-state index in [9.17, 15) is 40.5 Å². The molecular formula is C26H28O13. The lowest BCUT2D eigenvalue weighted by atomic mass is 9.91. The molecule has 0 saturated carbocycles. The minimum absolute atomic E-state index is 0.00483. The van der Waals surface area contributed by atoms with Gasteiger partial charge >= 0.3 is 0 Å². The topological polar surface area (TPSA) is 209 Å². The molecule has 1 aromatic heterocycles. The van der Waals surface area contributed by atoms with Gasteiger partial charge in [0.1, 0.15) is 71.1 Å². The van der Waals surface area contributed by atoms with E-state index in [-0.39, 0.29) is 47.0 Å². The summed E-state index contributed by atoms with van der Waals surface area (Å²) in [5.74, 6) is -0.379. The maximum atomic E-state index is 13.1. The van der Waals surface area contributed by atoms with Crippen LogP contribution in [0.3, 0.4) is 0 Å². The van der Waals surface area contributed by atoms with Crippen molar-refractivity contribution >= 4 is 11.0 Å². The van der Waals surface area contributed by atoms with Crippen LogP contribution in [0.15, 0.2) is 45.6 Å². The zero-order chi connectivity index (χ0) is 28.0. The summed E-state index contributed by atoms with van der Waals surface area (Å²) in [6.07, 6.45) is -12.0. The fourth-order valence-corrected chi connectivity index (χ4v) is 4.77. The molecule has 13 nitrogen and oxygen atoms in total. The highest BCUT2D eigenvalue weighted by molar-refractivity contribution is 5.89. The fourth-order valence-electron chi connectivity index (χ4n) is 4.77. The average molecular weight is 548 g/mol. The Kier molecular flexibility index (Phi) is 7.50. The Morgan fingerprint density at radius 3 is 2.23 bits per heavy atom. The number of aromatic hydroxyl groups is 2. The second-order valence-corrected chi connectivity index (χ2v) is 9.40. The van der Waals surface area contributed by atoms with Gasteiger partial charge < -0.3 is 59.1 Å². The molecule has 5 rings (SSSR count). The summed E-state index contributed by atoms with van der Waals surface area (Å²) in [4.78, 5) is 13.1. The minimum Gasteiger partial charge on any atom is -0.508 e. The number of fused-ring (bicyclic) bond motifs is 1. The van der Waals surface area contributed by atoms with Gasteiger partial charge in [0.25, 0.3) is 0 Å². The van der Waals surface area contributed by atoms with Crippen molar-refractivity contribution in [3.63, 3.8) is 0 Å². The number of phenols is 2. The summed E-state index contributed by atoms with van der Waals surface area (Å²) in [6.45, 7) is -0.745. The lowest BCUT2D eigenvalue weighted by Crippen LogP contribution is -2.58. The van der Waals surface area contributed by atoms with Crippen LogP contribution in [0, 0.1) is 0 Å². The van der Waals surface area contributed by atoms with E-state index in [2.05, 4.69) is 0 Å². The van der Waals surface area contributed by atoms with Crippen molar-refractivity contribution in [2.45, 2.75) is 49.0 Å². The summed E-state index contributed by atoms with van der Waals surface area (Å²) in [5, 5.41) is 71.5. The van der Waals surface area contributed by atoms with Crippen molar-refractivity contribution in [2.75, 3.05) is 20.3 Å². The summed E-state index contributed by atoms with van der Waals surface area (Å²) in [5.41, 5.74) is -0.299. The third kappa shape index (κ3) is 4.95. The number of aliphatic hydroxyl groups is 5. The molecule has 0 aliphatic carbocycles. The van der Waals surface area contributed by atoms with Crippen LogP contribution in [0.2, 0.25) is 0 Å². The van der Waals surface area contributed by atoms with Gasteiger partial charge in [0.2, 0.25) is 0 Å². The highest BCUT2D eigenvalue weighted by Gasteiger charge is 2.47. The van der Waals surface area contributed by atoms with Crippen molar-refractivity contribution in [1.29, 1.82) is 0 Å². The van der Waals surface area contributed by atoms with E-state index >= 15 is 0 Å². The van der Waals surface area contributed by atoms with E-state index in [4.69, 9.17) is 23.4 Å². The predicted molar refractivity (Wildman–Crippen MR) is 131 cm³/mol. The molecule has 2 saturated heterocycles. The molecule has 39 heavy (non-hydrogen) atoms. The number of rotatable bonds is 5. The largest absolute Gasteiger partial charge is 0.508 e. The van der Waals surface area contributed by atoms with Crippen LogP contribution in [0.5, 0.6) is 17.2 Å². The van der Waals surface area contributed by atoms with Crippen molar-refractivity contribution < 1.29 is 59.1 Å². The molecule has 0 radical (unpaired) electrons. The molecule has 2 fully saturated rings. The molecule has 0 amide bonds. The molecule has 3 heterocycles. The molecule has 7 N–H and O–H groups in total. The van der Waals surface area contributed by atoms with E-state index in [1.807, 2.05) is 0 Å². The van der Waals surface area contributed by atoms with Crippen molar-refractivity contribution in [1.82, 2.24) is 0 Å². The highest BCUT2D eigenvalue weighted by Crippen LogP contribution is 2.44. The van der Waals surface area contributed by atoms with Gasteiger partial charge in [-0.1, -0.05) is 0 Å².